The molecule has 0 aromatic heterocycles. The van der Waals surface area contributed by atoms with Gasteiger partial charge >= 0.3 is 5.97 Å². The lowest BCUT2D eigenvalue weighted by Gasteiger charge is -2.21. The Morgan fingerprint density at radius 3 is 2.70 bits per heavy atom. The maximum absolute atomic E-state index is 12.0. The zero-order chi connectivity index (χ0) is 14.4. The summed E-state index contributed by atoms with van der Waals surface area (Å²) in [5.74, 6) is 0.828. The van der Waals surface area contributed by atoms with E-state index < -0.39 is 0 Å². The van der Waals surface area contributed by atoms with Crippen molar-refractivity contribution in [2.75, 3.05) is 18.9 Å². The summed E-state index contributed by atoms with van der Waals surface area (Å²) in [6.45, 7) is 2.97. The normalized spacial score (nSPS) is 15.8. The van der Waals surface area contributed by atoms with E-state index >= 15 is 0 Å². The fourth-order valence-corrected chi connectivity index (χ4v) is 2.59. The van der Waals surface area contributed by atoms with Crippen molar-refractivity contribution in [1.82, 2.24) is 0 Å². The SMILES string of the molecule is CCOc1ccc(C(=O)OCC2CCCCC2)cc1N. The molecule has 0 aliphatic heterocycles. The topological polar surface area (TPSA) is 61.5 Å². The number of hydrogen-bond donors (Lipinski definition) is 1. The smallest absolute Gasteiger partial charge is 0.338 e. The molecule has 0 bridgehead atoms. The van der Waals surface area contributed by atoms with E-state index in [4.69, 9.17) is 15.2 Å². The highest BCUT2D eigenvalue weighted by molar-refractivity contribution is 5.91. The van der Waals surface area contributed by atoms with E-state index in [1.165, 1.54) is 32.1 Å². The Bertz CT molecular complexity index is 453. The molecule has 0 radical (unpaired) electrons. The van der Waals surface area contributed by atoms with Gasteiger partial charge in [0.15, 0.2) is 0 Å². The minimum absolute atomic E-state index is 0.301. The molecule has 110 valence electrons. The van der Waals surface area contributed by atoms with Crippen molar-refractivity contribution < 1.29 is 14.3 Å². The lowest BCUT2D eigenvalue weighted by atomic mass is 9.90. The van der Waals surface area contributed by atoms with Crippen LogP contribution in [0.4, 0.5) is 5.69 Å². The van der Waals surface area contributed by atoms with Gasteiger partial charge < -0.3 is 15.2 Å². The van der Waals surface area contributed by atoms with Crippen LogP contribution in [0.5, 0.6) is 5.75 Å². The zero-order valence-electron chi connectivity index (χ0n) is 12.1. The van der Waals surface area contributed by atoms with Gasteiger partial charge in [-0.2, -0.15) is 0 Å². The number of hydrogen-bond acceptors (Lipinski definition) is 4. The molecule has 1 aromatic carbocycles. The van der Waals surface area contributed by atoms with Crippen LogP contribution >= 0.6 is 0 Å². The second-order valence-corrected chi connectivity index (χ2v) is 5.29. The standard InChI is InChI=1S/C16H23NO3/c1-2-19-15-9-8-13(10-14(15)17)16(18)20-11-12-6-4-3-5-7-12/h8-10,12H,2-7,11,17H2,1H3. The third-order valence-corrected chi connectivity index (χ3v) is 3.72. The third-order valence-electron chi connectivity index (χ3n) is 3.72. The fourth-order valence-electron chi connectivity index (χ4n) is 2.59. The molecule has 0 heterocycles. The molecule has 1 aliphatic rings. The summed E-state index contributed by atoms with van der Waals surface area (Å²) < 4.78 is 10.7. The van der Waals surface area contributed by atoms with Crippen molar-refractivity contribution in [1.29, 1.82) is 0 Å². The van der Waals surface area contributed by atoms with Gasteiger partial charge in [-0.3, -0.25) is 0 Å². The largest absolute Gasteiger partial charge is 0.492 e. The quantitative estimate of drug-likeness (QED) is 0.662. The van der Waals surface area contributed by atoms with Crippen LogP contribution in [0.15, 0.2) is 18.2 Å². The lowest BCUT2D eigenvalue weighted by molar-refractivity contribution is 0.0410. The highest BCUT2D eigenvalue weighted by atomic mass is 16.5. The molecule has 0 saturated heterocycles. The molecule has 1 aromatic rings. The van der Waals surface area contributed by atoms with Crippen molar-refractivity contribution >= 4 is 11.7 Å². The first-order valence-corrected chi connectivity index (χ1v) is 7.40. The molecule has 0 amide bonds. The van der Waals surface area contributed by atoms with Crippen molar-refractivity contribution in [3.63, 3.8) is 0 Å². The number of esters is 1. The second-order valence-electron chi connectivity index (χ2n) is 5.29. The highest BCUT2D eigenvalue weighted by Crippen LogP contribution is 2.25. The van der Waals surface area contributed by atoms with Gasteiger partial charge in [-0.25, -0.2) is 4.79 Å². The van der Waals surface area contributed by atoms with Gasteiger partial charge in [-0.15, -0.1) is 0 Å². The molecular weight excluding hydrogens is 254 g/mol. The average Bonchev–Trinajstić information content (AvgIpc) is 2.48. The summed E-state index contributed by atoms with van der Waals surface area (Å²) in [7, 11) is 0. The molecular formula is C16H23NO3. The van der Waals surface area contributed by atoms with E-state index in [9.17, 15) is 4.79 Å². The van der Waals surface area contributed by atoms with E-state index in [0.717, 1.165) is 0 Å². The Morgan fingerprint density at radius 1 is 1.30 bits per heavy atom. The summed E-state index contributed by atoms with van der Waals surface area (Å²) in [4.78, 5) is 12.0. The van der Waals surface area contributed by atoms with Gasteiger partial charge in [0.2, 0.25) is 0 Å². The first kappa shape index (κ1) is 14.7. The molecule has 0 spiro atoms. The maximum Gasteiger partial charge on any atom is 0.338 e. The Balaban J connectivity index is 1.89. The number of rotatable bonds is 5. The minimum Gasteiger partial charge on any atom is -0.492 e. The Hall–Kier alpha value is -1.71. The van der Waals surface area contributed by atoms with Crippen molar-refractivity contribution in [2.24, 2.45) is 5.92 Å². The molecule has 4 nitrogen and oxygen atoms in total. The van der Waals surface area contributed by atoms with E-state index in [0.29, 0.717) is 36.1 Å². The monoisotopic (exact) mass is 277 g/mol. The average molecular weight is 277 g/mol. The van der Waals surface area contributed by atoms with E-state index in [2.05, 4.69) is 0 Å². The Kier molecular flexibility index (Phi) is 5.27. The third kappa shape index (κ3) is 3.89. The zero-order valence-corrected chi connectivity index (χ0v) is 12.1. The summed E-state index contributed by atoms with van der Waals surface area (Å²) in [6.07, 6.45) is 6.13. The van der Waals surface area contributed by atoms with Gasteiger partial charge in [0.25, 0.3) is 0 Å². The summed E-state index contributed by atoms with van der Waals surface area (Å²) in [5.41, 5.74) is 6.81. The molecule has 4 heteroatoms. The Morgan fingerprint density at radius 2 is 2.05 bits per heavy atom. The number of ether oxygens (including phenoxy) is 2. The number of nitrogen functional groups attached to an aromatic ring is 1. The van der Waals surface area contributed by atoms with Crippen LogP contribution < -0.4 is 10.5 Å². The number of benzene rings is 1. The van der Waals surface area contributed by atoms with Gasteiger partial charge in [0, 0.05) is 0 Å². The van der Waals surface area contributed by atoms with Crippen LogP contribution in [0.3, 0.4) is 0 Å². The number of carbonyl (C=O) groups excluding carboxylic acids is 1. The van der Waals surface area contributed by atoms with Gasteiger partial charge in [0.1, 0.15) is 5.75 Å². The molecule has 1 saturated carbocycles. The number of carbonyl (C=O) groups is 1. The van der Waals surface area contributed by atoms with Crippen LogP contribution in [0, 0.1) is 5.92 Å². The van der Waals surface area contributed by atoms with Gasteiger partial charge in [-0.1, -0.05) is 19.3 Å². The van der Waals surface area contributed by atoms with Crippen molar-refractivity contribution in [2.45, 2.75) is 39.0 Å². The van der Waals surface area contributed by atoms with Gasteiger partial charge in [0.05, 0.1) is 24.5 Å². The molecule has 2 rings (SSSR count). The minimum atomic E-state index is -0.301. The number of nitrogens with two attached hydrogens (primary N) is 1. The lowest BCUT2D eigenvalue weighted by Crippen LogP contribution is -2.17. The molecule has 20 heavy (non-hydrogen) atoms. The highest BCUT2D eigenvalue weighted by Gasteiger charge is 2.16. The van der Waals surface area contributed by atoms with E-state index in [1.807, 2.05) is 6.92 Å². The van der Waals surface area contributed by atoms with Crippen LogP contribution in [-0.2, 0) is 4.74 Å². The van der Waals surface area contributed by atoms with Crippen molar-refractivity contribution in [3.05, 3.63) is 23.8 Å². The molecule has 0 unspecified atom stereocenters. The molecule has 0 atom stereocenters. The van der Waals surface area contributed by atoms with E-state index in [1.54, 1.807) is 18.2 Å². The van der Waals surface area contributed by atoms with Crippen LogP contribution in [0.1, 0.15) is 49.4 Å². The van der Waals surface area contributed by atoms with Crippen LogP contribution in [-0.4, -0.2) is 19.2 Å². The van der Waals surface area contributed by atoms with E-state index in [-0.39, 0.29) is 5.97 Å². The first-order chi connectivity index (χ1) is 9.70. The second kappa shape index (κ2) is 7.17. The van der Waals surface area contributed by atoms with Crippen LogP contribution in [0.25, 0.3) is 0 Å². The predicted molar refractivity (Wildman–Crippen MR) is 78.9 cm³/mol. The summed E-state index contributed by atoms with van der Waals surface area (Å²) >= 11 is 0. The summed E-state index contributed by atoms with van der Waals surface area (Å²) in [6, 6.07) is 5.04. The summed E-state index contributed by atoms with van der Waals surface area (Å²) in [5, 5.41) is 0. The predicted octanol–water partition coefficient (Wildman–Crippen LogP) is 3.40. The fraction of sp³-hybridized carbons (Fsp3) is 0.562. The Labute approximate surface area is 120 Å². The maximum atomic E-state index is 12.0. The van der Waals surface area contributed by atoms with Gasteiger partial charge in [-0.05, 0) is 43.9 Å². The van der Waals surface area contributed by atoms with Crippen LogP contribution in [0.2, 0.25) is 0 Å². The first-order valence-electron chi connectivity index (χ1n) is 7.40. The molecule has 2 N–H and O–H groups in total. The van der Waals surface area contributed by atoms with Crippen molar-refractivity contribution in [3.8, 4) is 5.75 Å². The molecule has 1 aliphatic carbocycles. The number of anilines is 1. The molecule has 1 fully saturated rings.